The molecule has 3 rings (SSSR count). The molecule has 0 bridgehead atoms. The maximum absolute atomic E-state index is 12.4. The van der Waals surface area contributed by atoms with Gasteiger partial charge in [-0.15, -0.1) is 0 Å². The summed E-state index contributed by atoms with van der Waals surface area (Å²) in [5.74, 6) is 1.55. The van der Waals surface area contributed by atoms with E-state index in [9.17, 15) is 4.79 Å². The van der Waals surface area contributed by atoms with E-state index in [-0.39, 0.29) is 5.91 Å². The molecular weight excluding hydrogens is 226 g/mol. The number of nitrogens with zero attached hydrogens (tertiary/aromatic N) is 2. The highest BCUT2D eigenvalue weighted by Gasteiger charge is 2.46. The molecule has 0 aromatic heterocycles. The van der Waals surface area contributed by atoms with E-state index in [4.69, 9.17) is 5.73 Å². The predicted octanol–water partition coefficient (Wildman–Crippen LogP) is 0.668. The minimum absolute atomic E-state index is 0.177. The van der Waals surface area contributed by atoms with Crippen molar-refractivity contribution in [1.82, 2.24) is 9.80 Å². The summed E-state index contributed by atoms with van der Waals surface area (Å²) in [7, 11) is 0. The number of carbonyl (C=O) groups is 1. The van der Waals surface area contributed by atoms with Gasteiger partial charge in [0, 0.05) is 32.7 Å². The Labute approximate surface area is 109 Å². The minimum atomic E-state index is -0.612. The molecule has 3 fully saturated rings. The second-order valence-electron chi connectivity index (χ2n) is 6.59. The smallest absolute Gasteiger partial charge is 0.242 e. The number of piperazine rings is 1. The first-order valence-electron chi connectivity index (χ1n) is 7.38. The molecule has 1 heterocycles. The molecule has 0 radical (unpaired) electrons. The van der Waals surface area contributed by atoms with E-state index in [1.54, 1.807) is 0 Å². The SMILES string of the molecule is CC(N)(C(=O)N1CCN(CC2CC2)CC1)C1CC1. The molecule has 4 nitrogen and oxygen atoms in total. The van der Waals surface area contributed by atoms with Gasteiger partial charge in [-0.2, -0.15) is 0 Å². The number of rotatable bonds is 4. The average Bonchev–Trinajstić information content (AvgIpc) is 3.21. The van der Waals surface area contributed by atoms with Crippen molar-refractivity contribution in [1.29, 1.82) is 0 Å². The Morgan fingerprint density at radius 3 is 2.28 bits per heavy atom. The number of amides is 1. The van der Waals surface area contributed by atoms with Gasteiger partial charge in [0.15, 0.2) is 0 Å². The summed E-state index contributed by atoms with van der Waals surface area (Å²) in [5, 5.41) is 0. The molecule has 1 atom stereocenters. The van der Waals surface area contributed by atoms with E-state index < -0.39 is 5.54 Å². The van der Waals surface area contributed by atoms with Crippen LogP contribution in [0.2, 0.25) is 0 Å². The van der Waals surface area contributed by atoms with Gasteiger partial charge in [0.1, 0.15) is 0 Å². The summed E-state index contributed by atoms with van der Waals surface area (Å²) < 4.78 is 0. The van der Waals surface area contributed by atoms with E-state index in [0.29, 0.717) is 5.92 Å². The van der Waals surface area contributed by atoms with Crippen molar-refractivity contribution >= 4 is 5.91 Å². The zero-order chi connectivity index (χ0) is 12.8. The van der Waals surface area contributed by atoms with Crippen molar-refractivity contribution in [2.75, 3.05) is 32.7 Å². The van der Waals surface area contributed by atoms with Gasteiger partial charge in [-0.1, -0.05) is 0 Å². The maximum atomic E-state index is 12.4. The molecule has 2 aliphatic carbocycles. The van der Waals surface area contributed by atoms with Gasteiger partial charge < -0.3 is 10.6 Å². The number of carbonyl (C=O) groups excluding carboxylic acids is 1. The van der Waals surface area contributed by atoms with Gasteiger partial charge in [0.25, 0.3) is 0 Å². The van der Waals surface area contributed by atoms with E-state index in [0.717, 1.165) is 44.9 Å². The van der Waals surface area contributed by atoms with Crippen LogP contribution in [-0.4, -0.2) is 54.0 Å². The molecule has 102 valence electrons. The number of hydrogen-bond acceptors (Lipinski definition) is 3. The second kappa shape index (κ2) is 4.49. The van der Waals surface area contributed by atoms with Crippen LogP contribution in [0.1, 0.15) is 32.6 Å². The molecular formula is C14H25N3O. The third kappa shape index (κ3) is 2.54. The van der Waals surface area contributed by atoms with Gasteiger partial charge in [-0.25, -0.2) is 0 Å². The first-order chi connectivity index (χ1) is 8.57. The molecule has 1 amide bonds. The van der Waals surface area contributed by atoms with E-state index in [2.05, 4.69) is 4.90 Å². The predicted molar refractivity (Wildman–Crippen MR) is 71.1 cm³/mol. The first kappa shape index (κ1) is 12.4. The van der Waals surface area contributed by atoms with Crippen LogP contribution in [0.3, 0.4) is 0 Å². The topological polar surface area (TPSA) is 49.6 Å². The van der Waals surface area contributed by atoms with Gasteiger partial charge in [-0.3, -0.25) is 9.69 Å². The highest BCUT2D eigenvalue weighted by atomic mass is 16.2. The quantitative estimate of drug-likeness (QED) is 0.799. The van der Waals surface area contributed by atoms with Crippen LogP contribution in [-0.2, 0) is 4.79 Å². The van der Waals surface area contributed by atoms with Crippen LogP contribution in [0.5, 0.6) is 0 Å². The monoisotopic (exact) mass is 251 g/mol. The molecule has 2 saturated carbocycles. The Morgan fingerprint density at radius 2 is 1.78 bits per heavy atom. The Kier molecular flexibility index (Phi) is 3.10. The first-order valence-corrected chi connectivity index (χ1v) is 7.38. The van der Waals surface area contributed by atoms with Crippen molar-refractivity contribution in [2.45, 2.75) is 38.1 Å². The molecule has 0 spiro atoms. The Balaban J connectivity index is 1.50. The van der Waals surface area contributed by atoms with E-state index in [1.807, 2.05) is 11.8 Å². The van der Waals surface area contributed by atoms with Gasteiger partial charge >= 0.3 is 0 Å². The molecule has 4 heteroatoms. The third-order valence-electron chi connectivity index (χ3n) is 4.76. The molecule has 3 aliphatic rings. The standard InChI is InChI=1S/C14H25N3O/c1-14(15,12-4-5-12)13(18)17-8-6-16(7-9-17)10-11-2-3-11/h11-12H,2-10,15H2,1H3. The summed E-state index contributed by atoms with van der Waals surface area (Å²) in [6, 6.07) is 0. The molecule has 1 aliphatic heterocycles. The second-order valence-corrected chi connectivity index (χ2v) is 6.59. The normalized spacial score (nSPS) is 29.1. The largest absolute Gasteiger partial charge is 0.339 e. The summed E-state index contributed by atoms with van der Waals surface area (Å²) in [6.07, 6.45) is 5.06. The van der Waals surface area contributed by atoms with Crippen LogP contribution < -0.4 is 5.73 Å². The summed E-state index contributed by atoms with van der Waals surface area (Å²) in [5.41, 5.74) is 5.60. The molecule has 0 aromatic rings. The van der Waals surface area contributed by atoms with Crippen LogP contribution in [0.15, 0.2) is 0 Å². The summed E-state index contributed by atoms with van der Waals surface area (Å²) in [4.78, 5) is 16.9. The number of nitrogens with two attached hydrogens (primary N) is 1. The molecule has 0 aromatic carbocycles. The van der Waals surface area contributed by atoms with Crippen LogP contribution in [0.25, 0.3) is 0 Å². The fraction of sp³-hybridized carbons (Fsp3) is 0.929. The van der Waals surface area contributed by atoms with Crippen molar-refractivity contribution in [2.24, 2.45) is 17.6 Å². The molecule has 2 N–H and O–H groups in total. The number of hydrogen-bond donors (Lipinski definition) is 1. The van der Waals surface area contributed by atoms with Crippen LogP contribution in [0.4, 0.5) is 0 Å². The fourth-order valence-corrected chi connectivity index (χ4v) is 3.00. The Morgan fingerprint density at radius 1 is 1.17 bits per heavy atom. The molecule has 18 heavy (non-hydrogen) atoms. The van der Waals surface area contributed by atoms with Gasteiger partial charge in [-0.05, 0) is 44.4 Å². The third-order valence-corrected chi connectivity index (χ3v) is 4.76. The maximum Gasteiger partial charge on any atom is 0.242 e. The lowest BCUT2D eigenvalue weighted by atomic mass is 9.95. The van der Waals surface area contributed by atoms with Crippen LogP contribution in [0, 0.1) is 11.8 Å². The van der Waals surface area contributed by atoms with Crippen molar-refractivity contribution in [3.8, 4) is 0 Å². The lowest BCUT2D eigenvalue weighted by Gasteiger charge is -2.38. The Bertz CT molecular complexity index is 326. The van der Waals surface area contributed by atoms with Crippen LogP contribution >= 0.6 is 0 Å². The Hall–Kier alpha value is -0.610. The highest BCUT2D eigenvalue weighted by Crippen LogP contribution is 2.39. The summed E-state index contributed by atoms with van der Waals surface area (Å²) >= 11 is 0. The lowest BCUT2D eigenvalue weighted by Crippen LogP contribution is -2.59. The van der Waals surface area contributed by atoms with E-state index in [1.165, 1.54) is 19.4 Å². The zero-order valence-corrected chi connectivity index (χ0v) is 11.4. The fourth-order valence-electron chi connectivity index (χ4n) is 3.00. The summed E-state index contributed by atoms with van der Waals surface area (Å²) in [6.45, 7) is 6.95. The molecule has 1 saturated heterocycles. The molecule has 1 unspecified atom stereocenters. The lowest BCUT2D eigenvalue weighted by molar-refractivity contribution is -0.139. The van der Waals surface area contributed by atoms with Crippen molar-refractivity contribution in [3.63, 3.8) is 0 Å². The van der Waals surface area contributed by atoms with Gasteiger partial charge in [0.2, 0.25) is 5.91 Å². The van der Waals surface area contributed by atoms with Crippen molar-refractivity contribution < 1.29 is 4.79 Å². The zero-order valence-electron chi connectivity index (χ0n) is 11.4. The van der Waals surface area contributed by atoms with Crippen molar-refractivity contribution in [3.05, 3.63) is 0 Å². The minimum Gasteiger partial charge on any atom is -0.339 e. The highest BCUT2D eigenvalue weighted by molar-refractivity contribution is 5.86. The van der Waals surface area contributed by atoms with E-state index >= 15 is 0 Å². The average molecular weight is 251 g/mol. The van der Waals surface area contributed by atoms with Gasteiger partial charge in [0.05, 0.1) is 5.54 Å².